The monoisotopic (exact) mass is 478 g/mol. The van der Waals surface area contributed by atoms with Gasteiger partial charge >= 0.3 is 0 Å². The van der Waals surface area contributed by atoms with Crippen molar-refractivity contribution in [2.24, 2.45) is 0 Å². The first kappa shape index (κ1) is 25.7. The number of hydrogen-bond donors (Lipinski definition) is 2. The van der Waals surface area contributed by atoms with E-state index in [9.17, 15) is 13.2 Å². The van der Waals surface area contributed by atoms with Crippen molar-refractivity contribution in [3.63, 3.8) is 0 Å². The molecule has 1 amide bonds. The minimum absolute atomic E-state index is 0.0988. The Bertz CT molecular complexity index is 1190. The SMILES string of the molecule is Cc1cc(C)c(S(=O)(=O)N[C@H](Cc2ccccc2)C(=O)N[C@H](C)CCc2ccccc2)c(C)c1. The molecule has 0 saturated carbocycles. The summed E-state index contributed by atoms with van der Waals surface area (Å²) in [5.74, 6) is -0.324. The lowest BCUT2D eigenvalue weighted by atomic mass is 10.0. The molecule has 0 saturated heterocycles. The van der Waals surface area contributed by atoms with Crippen molar-refractivity contribution in [1.82, 2.24) is 10.0 Å². The zero-order valence-electron chi connectivity index (χ0n) is 20.3. The Labute approximate surface area is 203 Å². The van der Waals surface area contributed by atoms with Gasteiger partial charge in [0.2, 0.25) is 15.9 Å². The number of benzene rings is 3. The van der Waals surface area contributed by atoms with E-state index in [0.717, 1.165) is 24.0 Å². The first-order chi connectivity index (χ1) is 16.2. The average molecular weight is 479 g/mol. The second kappa shape index (κ2) is 11.4. The molecule has 34 heavy (non-hydrogen) atoms. The Morgan fingerprint density at radius 3 is 1.94 bits per heavy atom. The van der Waals surface area contributed by atoms with E-state index in [2.05, 4.69) is 22.2 Å². The molecule has 2 N–H and O–H groups in total. The fourth-order valence-corrected chi connectivity index (χ4v) is 5.97. The lowest BCUT2D eigenvalue weighted by Crippen LogP contribution is -2.50. The maximum Gasteiger partial charge on any atom is 0.241 e. The number of carbonyl (C=O) groups is 1. The van der Waals surface area contributed by atoms with E-state index in [1.165, 1.54) is 5.56 Å². The summed E-state index contributed by atoms with van der Waals surface area (Å²) in [6, 6.07) is 22.2. The average Bonchev–Trinajstić information content (AvgIpc) is 2.77. The van der Waals surface area contributed by atoms with Gasteiger partial charge < -0.3 is 5.32 Å². The molecule has 0 aliphatic carbocycles. The summed E-state index contributed by atoms with van der Waals surface area (Å²) in [4.78, 5) is 13.5. The molecule has 5 nitrogen and oxygen atoms in total. The highest BCUT2D eigenvalue weighted by molar-refractivity contribution is 7.89. The summed E-state index contributed by atoms with van der Waals surface area (Å²) in [5, 5.41) is 3.02. The number of nitrogens with one attached hydrogen (secondary N) is 2. The van der Waals surface area contributed by atoms with Crippen LogP contribution in [0.2, 0.25) is 0 Å². The lowest BCUT2D eigenvalue weighted by Gasteiger charge is -2.23. The minimum Gasteiger partial charge on any atom is -0.352 e. The number of carbonyl (C=O) groups excluding carboxylic acids is 1. The standard InChI is InChI=1S/C28H34N2O3S/c1-20-17-21(2)27(22(3)18-20)34(32,33)30-26(19-25-13-9-6-10-14-25)28(31)29-23(4)15-16-24-11-7-5-8-12-24/h5-14,17-18,23,26,30H,15-16,19H2,1-4H3,(H,29,31)/t23-,26-/m1/s1. The van der Waals surface area contributed by atoms with Crippen LogP contribution in [0.3, 0.4) is 0 Å². The first-order valence-electron chi connectivity index (χ1n) is 11.6. The molecule has 180 valence electrons. The molecule has 0 spiro atoms. The fraction of sp³-hybridized carbons (Fsp3) is 0.321. The van der Waals surface area contributed by atoms with Crippen molar-refractivity contribution in [3.8, 4) is 0 Å². The van der Waals surface area contributed by atoms with Gasteiger partial charge in [-0.25, -0.2) is 8.42 Å². The van der Waals surface area contributed by atoms with Crippen LogP contribution in [0.4, 0.5) is 0 Å². The van der Waals surface area contributed by atoms with E-state index in [0.29, 0.717) is 11.1 Å². The van der Waals surface area contributed by atoms with E-state index in [1.54, 1.807) is 13.8 Å². The molecule has 0 fully saturated rings. The lowest BCUT2D eigenvalue weighted by molar-refractivity contribution is -0.123. The van der Waals surface area contributed by atoms with Crippen molar-refractivity contribution in [3.05, 3.63) is 101 Å². The van der Waals surface area contributed by atoms with Gasteiger partial charge in [0.05, 0.1) is 4.90 Å². The molecule has 0 unspecified atom stereocenters. The predicted molar refractivity (Wildman–Crippen MR) is 137 cm³/mol. The molecule has 6 heteroatoms. The van der Waals surface area contributed by atoms with E-state index in [-0.39, 0.29) is 23.3 Å². The highest BCUT2D eigenvalue weighted by atomic mass is 32.2. The molecule has 2 atom stereocenters. The van der Waals surface area contributed by atoms with Gasteiger partial charge in [0.25, 0.3) is 0 Å². The predicted octanol–water partition coefficient (Wildman–Crippen LogP) is 4.64. The highest BCUT2D eigenvalue weighted by Crippen LogP contribution is 2.22. The highest BCUT2D eigenvalue weighted by Gasteiger charge is 2.29. The maximum absolute atomic E-state index is 13.4. The van der Waals surface area contributed by atoms with Crippen molar-refractivity contribution >= 4 is 15.9 Å². The zero-order valence-corrected chi connectivity index (χ0v) is 21.2. The minimum atomic E-state index is -3.90. The van der Waals surface area contributed by atoms with Crippen LogP contribution >= 0.6 is 0 Å². The van der Waals surface area contributed by atoms with Gasteiger partial charge in [-0.1, -0.05) is 78.4 Å². The van der Waals surface area contributed by atoms with Crippen LogP contribution < -0.4 is 10.0 Å². The van der Waals surface area contributed by atoms with E-state index < -0.39 is 16.1 Å². The van der Waals surface area contributed by atoms with Gasteiger partial charge in [0.1, 0.15) is 6.04 Å². The first-order valence-corrected chi connectivity index (χ1v) is 13.1. The van der Waals surface area contributed by atoms with E-state index in [1.807, 2.05) is 74.5 Å². The molecule has 0 heterocycles. The third kappa shape index (κ3) is 7.02. The smallest absolute Gasteiger partial charge is 0.241 e. The van der Waals surface area contributed by atoms with Crippen LogP contribution in [0.15, 0.2) is 77.7 Å². The molecular weight excluding hydrogens is 444 g/mol. The van der Waals surface area contributed by atoms with Gasteiger partial charge in [-0.3, -0.25) is 4.79 Å². The Morgan fingerprint density at radius 2 is 1.38 bits per heavy atom. The van der Waals surface area contributed by atoms with Gasteiger partial charge in [0.15, 0.2) is 0 Å². The molecule has 0 aliphatic heterocycles. The van der Waals surface area contributed by atoms with Crippen LogP contribution in [0.25, 0.3) is 0 Å². The largest absolute Gasteiger partial charge is 0.352 e. The fourth-order valence-electron chi connectivity index (χ4n) is 4.32. The van der Waals surface area contributed by atoms with Crippen LogP contribution in [0.5, 0.6) is 0 Å². The van der Waals surface area contributed by atoms with E-state index >= 15 is 0 Å². The molecule has 3 rings (SSSR count). The normalized spacial score (nSPS) is 13.3. The van der Waals surface area contributed by atoms with E-state index in [4.69, 9.17) is 0 Å². The molecule has 0 bridgehead atoms. The second-order valence-electron chi connectivity index (χ2n) is 9.03. The van der Waals surface area contributed by atoms with Gasteiger partial charge in [-0.2, -0.15) is 4.72 Å². The molecule has 0 aromatic heterocycles. The van der Waals surface area contributed by atoms with Crippen LogP contribution in [-0.4, -0.2) is 26.4 Å². The topological polar surface area (TPSA) is 75.3 Å². The Balaban J connectivity index is 1.78. The van der Waals surface area contributed by atoms with Crippen molar-refractivity contribution < 1.29 is 13.2 Å². The quantitative estimate of drug-likeness (QED) is 0.446. The van der Waals surface area contributed by atoms with Gasteiger partial charge in [0, 0.05) is 6.04 Å². The Morgan fingerprint density at radius 1 is 0.853 bits per heavy atom. The number of aryl methyl sites for hydroxylation is 4. The van der Waals surface area contributed by atoms with Crippen LogP contribution in [0, 0.1) is 20.8 Å². The Hall–Kier alpha value is -2.96. The van der Waals surface area contributed by atoms with Crippen molar-refractivity contribution in [2.45, 2.75) is 63.9 Å². The number of hydrogen-bond acceptors (Lipinski definition) is 3. The summed E-state index contributed by atoms with van der Waals surface area (Å²) in [5.41, 5.74) is 4.43. The summed E-state index contributed by atoms with van der Waals surface area (Å²) >= 11 is 0. The van der Waals surface area contributed by atoms with Gasteiger partial charge in [-0.15, -0.1) is 0 Å². The summed E-state index contributed by atoms with van der Waals surface area (Å²) in [6.07, 6.45) is 1.86. The number of rotatable bonds is 10. The molecule has 0 radical (unpaired) electrons. The third-order valence-corrected chi connectivity index (χ3v) is 7.64. The molecule has 3 aromatic rings. The number of sulfonamides is 1. The second-order valence-corrected chi connectivity index (χ2v) is 10.7. The van der Waals surface area contributed by atoms with Crippen molar-refractivity contribution in [1.29, 1.82) is 0 Å². The maximum atomic E-state index is 13.4. The summed E-state index contributed by atoms with van der Waals surface area (Å²) in [6.45, 7) is 7.45. The zero-order chi connectivity index (χ0) is 24.7. The van der Waals surface area contributed by atoms with Crippen molar-refractivity contribution in [2.75, 3.05) is 0 Å². The third-order valence-electron chi connectivity index (χ3n) is 5.87. The molecular formula is C28H34N2O3S. The Kier molecular flexibility index (Phi) is 8.64. The molecule has 3 aromatic carbocycles. The van der Waals surface area contributed by atoms with Crippen LogP contribution in [0.1, 0.15) is 41.2 Å². The number of amides is 1. The summed E-state index contributed by atoms with van der Waals surface area (Å²) < 4.78 is 29.5. The van der Waals surface area contributed by atoms with Gasteiger partial charge in [-0.05, 0) is 69.2 Å². The summed E-state index contributed by atoms with van der Waals surface area (Å²) in [7, 11) is -3.90. The molecule has 0 aliphatic rings. The van der Waals surface area contributed by atoms with Crippen LogP contribution in [-0.2, 0) is 27.7 Å².